The number of amides is 2. The fourth-order valence-electron chi connectivity index (χ4n) is 1.53. The Morgan fingerprint density at radius 1 is 1.39 bits per heavy atom. The van der Waals surface area contributed by atoms with Crippen molar-refractivity contribution in [3.63, 3.8) is 0 Å². The van der Waals surface area contributed by atoms with E-state index >= 15 is 0 Å². The van der Waals surface area contributed by atoms with Crippen LogP contribution in [0.5, 0.6) is 0 Å². The Kier molecular flexibility index (Phi) is 3.29. The molecule has 94 valence electrons. The van der Waals surface area contributed by atoms with Crippen LogP contribution in [0.1, 0.15) is 10.6 Å². The Bertz CT molecular complexity index is 558. The van der Waals surface area contributed by atoms with Gasteiger partial charge >= 0.3 is 0 Å². The Morgan fingerprint density at radius 3 is 2.72 bits per heavy atom. The minimum absolute atomic E-state index is 0.0656. The zero-order valence-corrected chi connectivity index (χ0v) is 9.42. The number of carbonyl (C=O) groups excluding carboxylic acids is 2. The van der Waals surface area contributed by atoms with Crippen LogP contribution in [0.25, 0.3) is 11.0 Å². The molecule has 6 heteroatoms. The lowest BCUT2D eigenvalue weighted by atomic mass is 10.2. The van der Waals surface area contributed by atoms with Crippen LogP contribution in [0.2, 0.25) is 0 Å². The van der Waals surface area contributed by atoms with Gasteiger partial charge in [0.2, 0.25) is 5.91 Å². The highest BCUT2D eigenvalue weighted by Crippen LogP contribution is 2.18. The number of aliphatic hydroxyl groups excluding tert-OH is 1. The molecule has 1 heterocycles. The fraction of sp³-hybridized carbons (Fsp3) is 0.167. The molecular weight excluding hydrogens is 236 g/mol. The molecule has 0 spiro atoms. The number of aliphatic hydroxyl groups is 1. The van der Waals surface area contributed by atoms with Crippen molar-refractivity contribution in [3.8, 4) is 0 Å². The van der Waals surface area contributed by atoms with Crippen LogP contribution in [-0.2, 0) is 4.79 Å². The number of rotatable bonds is 4. The van der Waals surface area contributed by atoms with Crippen molar-refractivity contribution in [2.45, 2.75) is 6.04 Å². The molecule has 1 unspecified atom stereocenters. The predicted octanol–water partition coefficient (Wildman–Crippen LogP) is 0.00880. The monoisotopic (exact) mass is 248 g/mol. The highest BCUT2D eigenvalue weighted by atomic mass is 16.3. The summed E-state index contributed by atoms with van der Waals surface area (Å²) in [5.41, 5.74) is 5.58. The van der Waals surface area contributed by atoms with E-state index in [4.69, 9.17) is 15.3 Å². The van der Waals surface area contributed by atoms with Gasteiger partial charge in [-0.1, -0.05) is 18.2 Å². The Labute approximate surface area is 102 Å². The van der Waals surface area contributed by atoms with Crippen LogP contribution < -0.4 is 11.1 Å². The van der Waals surface area contributed by atoms with Crippen molar-refractivity contribution in [1.29, 1.82) is 0 Å². The maximum atomic E-state index is 11.8. The number of hydrogen-bond donors (Lipinski definition) is 3. The summed E-state index contributed by atoms with van der Waals surface area (Å²) >= 11 is 0. The first-order chi connectivity index (χ1) is 8.61. The van der Waals surface area contributed by atoms with Crippen LogP contribution in [0.15, 0.2) is 34.7 Å². The molecule has 0 aliphatic heterocycles. The normalized spacial score (nSPS) is 12.3. The number of nitrogens with one attached hydrogen (secondary N) is 1. The molecule has 1 atom stereocenters. The lowest BCUT2D eigenvalue weighted by Crippen LogP contribution is -2.46. The molecule has 0 radical (unpaired) electrons. The van der Waals surface area contributed by atoms with Crippen LogP contribution in [0, 0.1) is 0 Å². The van der Waals surface area contributed by atoms with Gasteiger partial charge in [0.25, 0.3) is 5.91 Å². The lowest BCUT2D eigenvalue weighted by molar-refractivity contribution is -0.120. The maximum Gasteiger partial charge on any atom is 0.287 e. The van der Waals surface area contributed by atoms with E-state index in [-0.39, 0.29) is 5.76 Å². The van der Waals surface area contributed by atoms with Crippen molar-refractivity contribution in [1.82, 2.24) is 5.32 Å². The summed E-state index contributed by atoms with van der Waals surface area (Å²) in [5.74, 6) is -1.33. The van der Waals surface area contributed by atoms with E-state index in [9.17, 15) is 9.59 Å². The van der Waals surface area contributed by atoms with Gasteiger partial charge in [0.15, 0.2) is 5.76 Å². The average Bonchev–Trinajstić information content (AvgIpc) is 2.79. The molecule has 0 bridgehead atoms. The summed E-state index contributed by atoms with van der Waals surface area (Å²) in [6, 6.07) is 7.56. The van der Waals surface area contributed by atoms with Gasteiger partial charge < -0.3 is 20.6 Å². The highest BCUT2D eigenvalue weighted by molar-refractivity contribution is 5.98. The number of fused-ring (bicyclic) bond motifs is 1. The number of benzene rings is 1. The third kappa shape index (κ3) is 2.33. The molecule has 4 N–H and O–H groups in total. The van der Waals surface area contributed by atoms with Crippen molar-refractivity contribution >= 4 is 22.8 Å². The number of para-hydroxylation sites is 1. The van der Waals surface area contributed by atoms with Gasteiger partial charge in [-0.15, -0.1) is 0 Å². The van der Waals surface area contributed by atoms with Crippen LogP contribution >= 0.6 is 0 Å². The molecule has 2 aromatic rings. The topological polar surface area (TPSA) is 106 Å². The van der Waals surface area contributed by atoms with Crippen molar-refractivity contribution in [3.05, 3.63) is 36.1 Å². The predicted molar refractivity (Wildman–Crippen MR) is 63.7 cm³/mol. The van der Waals surface area contributed by atoms with E-state index in [0.29, 0.717) is 5.58 Å². The molecule has 18 heavy (non-hydrogen) atoms. The standard InChI is InChI=1S/C12H12N2O4/c13-11(16)8(6-15)14-12(17)10-5-7-3-1-2-4-9(7)18-10/h1-5,8,15H,6H2,(H2,13,16)(H,14,17). The van der Waals surface area contributed by atoms with Gasteiger partial charge in [0.1, 0.15) is 11.6 Å². The van der Waals surface area contributed by atoms with Crippen molar-refractivity contribution in [2.75, 3.05) is 6.61 Å². The van der Waals surface area contributed by atoms with E-state index < -0.39 is 24.5 Å². The Morgan fingerprint density at radius 2 is 2.11 bits per heavy atom. The zero-order chi connectivity index (χ0) is 13.1. The van der Waals surface area contributed by atoms with Crippen LogP contribution in [-0.4, -0.2) is 29.6 Å². The molecule has 1 aromatic heterocycles. The molecule has 0 saturated heterocycles. The second kappa shape index (κ2) is 4.89. The highest BCUT2D eigenvalue weighted by Gasteiger charge is 2.20. The SMILES string of the molecule is NC(=O)C(CO)NC(=O)c1cc2ccccc2o1. The van der Waals surface area contributed by atoms with Crippen LogP contribution in [0.4, 0.5) is 0 Å². The summed E-state index contributed by atoms with van der Waals surface area (Å²) in [4.78, 5) is 22.7. The molecule has 0 aliphatic carbocycles. The summed E-state index contributed by atoms with van der Waals surface area (Å²) < 4.78 is 5.31. The molecule has 0 fully saturated rings. The van der Waals surface area contributed by atoms with Gasteiger partial charge in [-0.2, -0.15) is 0 Å². The number of hydrogen-bond acceptors (Lipinski definition) is 4. The number of primary amides is 1. The molecule has 0 saturated carbocycles. The number of furan rings is 1. The third-order valence-electron chi connectivity index (χ3n) is 2.48. The van der Waals surface area contributed by atoms with Crippen molar-refractivity contribution in [2.24, 2.45) is 5.73 Å². The summed E-state index contributed by atoms with van der Waals surface area (Å²) in [5, 5.41) is 12.0. The third-order valence-corrected chi connectivity index (χ3v) is 2.48. The fourth-order valence-corrected chi connectivity index (χ4v) is 1.53. The maximum absolute atomic E-state index is 11.8. The molecule has 1 aromatic carbocycles. The first-order valence-electron chi connectivity index (χ1n) is 5.31. The summed E-state index contributed by atoms with van der Waals surface area (Å²) in [7, 11) is 0. The van der Waals surface area contributed by atoms with Gasteiger partial charge in [0, 0.05) is 5.39 Å². The zero-order valence-electron chi connectivity index (χ0n) is 9.42. The second-order valence-corrected chi connectivity index (χ2v) is 3.76. The van der Waals surface area contributed by atoms with Gasteiger partial charge in [0.05, 0.1) is 6.61 Å². The van der Waals surface area contributed by atoms with E-state index in [0.717, 1.165) is 5.39 Å². The Hall–Kier alpha value is -2.34. The Balaban J connectivity index is 2.20. The van der Waals surface area contributed by atoms with E-state index in [2.05, 4.69) is 5.32 Å². The molecule has 6 nitrogen and oxygen atoms in total. The quantitative estimate of drug-likeness (QED) is 0.708. The number of nitrogens with two attached hydrogens (primary N) is 1. The summed E-state index contributed by atoms with van der Waals surface area (Å²) in [6.07, 6.45) is 0. The molecule has 2 rings (SSSR count). The second-order valence-electron chi connectivity index (χ2n) is 3.76. The largest absolute Gasteiger partial charge is 0.451 e. The lowest BCUT2D eigenvalue weighted by Gasteiger charge is -2.10. The minimum atomic E-state index is -1.12. The molecule has 2 amide bonds. The van der Waals surface area contributed by atoms with E-state index in [1.54, 1.807) is 24.3 Å². The average molecular weight is 248 g/mol. The molecule has 0 aliphatic rings. The van der Waals surface area contributed by atoms with E-state index in [1.807, 2.05) is 6.07 Å². The van der Waals surface area contributed by atoms with Crippen molar-refractivity contribution < 1.29 is 19.1 Å². The van der Waals surface area contributed by atoms with Gasteiger partial charge in [-0.05, 0) is 12.1 Å². The number of carbonyl (C=O) groups is 2. The minimum Gasteiger partial charge on any atom is -0.451 e. The van der Waals surface area contributed by atoms with Gasteiger partial charge in [-0.3, -0.25) is 9.59 Å². The van der Waals surface area contributed by atoms with E-state index in [1.165, 1.54) is 0 Å². The first-order valence-corrected chi connectivity index (χ1v) is 5.31. The first kappa shape index (κ1) is 12.1. The van der Waals surface area contributed by atoms with Gasteiger partial charge in [-0.25, -0.2) is 0 Å². The smallest absolute Gasteiger partial charge is 0.287 e. The molecular formula is C12H12N2O4. The van der Waals surface area contributed by atoms with Crippen LogP contribution in [0.3, 0.4) is 0 Å². The summed E-state index contributed by atoms with van der Waals surface area (Å²) in [6.45, 7) is -0.554.